The Labute approximate surface area is 196 Å². The van der Waals surface area contributed by atoms with Gasteiger partial charge in [-0.1, -0.05) is 38.1 Å². The SMILES string of the molecule is CC(=O)N(N)Sc1nc2sc(C(C)C)c(-c3ccccc3F)c2c(=O)n1-c1cccc(F)c1. The molecule has 0 fully saturated rings. The lowest BCUT2D eigenvalue weighted by Gasteiger charge is -2.16. The molecule has 1 amide bonds. The third kappa shape index (κ3) is 4.29. The van der Waals surface area contributed by atoms with Crippen LogP contribution in [0.25, 0.3) is 27.0 Å². The number of nitrogens with zero attached hydrogens (tertiary/aromatic N) is 3. The van der Waals surface area contributed by atoms with Crippen LogP contribution in [0.4, 0.5) is 8.78 Å². The molecule has 170 valence electrons. The van der Waals surface area contributed by atoms with Crippen LogP contribution in [0.3, 0.4) is 0 Å². The molecule has 0 saturated carbocycles. The number of hydrazine groups is 1. The van der Waals surface area contributed by atoms with Gasteiger partial charge in [0.15, 0.2) is 5.16 Å². The molecule has 0 aliphatic heterocycles. The summed E-state index contributed by atoms with van der Waals surface area (Å²) < 4.78 is 30.9. The minimum absolute atomic E-state index is 0.0137. The highest BCUT2D eigenvalue weighted by Crippen LogP contribution is 2.42. The largest absolute Gasteiger partial charge is 0.273 e. The molecule has 10 heteroatoms. The summed E-state index contributed by atoms with van der Waals surface area (Å²) in [5.41, 5.74) is 0.470. The topological polar surface area (TPSA) is 81.2 Å². The van der Waals surface area contributed by atoms with Crippen molar-refractivity contribution in [1.82, 2.24) is 14.0 Å². The van der Waals surface area contributed by atoms with Gasteiger partial charge < -0.3 is 0 Å². The van der Waals surface area contributed by atoms with E-state index in [0.717, 1.165) is 21.2 Å². The summed E-state index contributed by atoms with van der Waals surface area (Å²) in [4.78, 5) is 31.4. The molecule has 2 aromatic heterocycles. The summed E-state index contributed by atoms with van der Waals surface area (Å²) in [6.45, 7) is 5.18. The van der Waals surface area contributed by atoms with Crippen LogP contribution in [0.5, 0.6) is 0 Å². The lowest BCUT2D eigenvalue weighted by molar-refractivity contribution is -0.124. The van der Waals surface area contributed by atoms with Gasteiger partial charge in [0.1, 0.15) is 16.5 Å². The van der Waals surface area contributed by atoms with Gasteiger partial charge in [0, 0.05) is 34.9 Å². The second kappa shape index (κ2) is 9.05. The maximum atomic E-state index is 14.8. The quantitative estimate of drug-likeness (QED) is 0.137. The molecular formula is C23H20F2N4O2S2. The van der Waals surface area contributed by atoms with Gasteiger partial charge in [0.25, 0.3) is 5.56 Å². The molecule has 0 aliphatic carbocycles. The maximum absolute atomic E-state index is 14.8. The van der Waals surface area contributed by atoms with Gasteiger partial charge in [-0.3, -0.25) is 14.2 Å². The Bertz CT molecular complexity index is 1430. The summed E-state index contributed by atoms with van der Waals surface area (Å²) in [5, 5.41) is 0.321. The molecule has 33 heavy (non-hydrogen) atoms. The van der Waals surface area contributed by atoms with Crippen molar-refractivity contribution in [2.45, 2.75) is 31.8 Å². The van der Waals surface area contributed by atoms with E-state index in [-0.39, 0.29) is 22.1 Å². The zero-order valence-corrected chi connectivity index (χ0v) is 19.6. The van der Waals surface area contributed by atoms with Gasteiger partial charge in [-0.05, 0) is 30.2 Å². The maximum Gasteiger partial charge on any atom is 0.268 e. The first-order chi connectivity index (χ1) is 15.7. The summed E-state index contributed by atoms with van der Waals surface area (Å²) in [6, 6.07) is 11.7. The molecule has 4 aromatic rings. The van der Waals surface area contributed by atoms with Crippen LogP contribution in [0.2, 0.25) is 0 Å². The Kier molecular flexibility index (Phi) is 6.33. The molecular weight excluding hydrogens is 466 g/mol. The molecule has 0 unspecified atom stereocenters. The molecule has 4 rings (SSSR count). The number of benzene rings is 2. The monoisotopic (exact) mass is 486 g/mol. The summed E-state index contributed by atoms with van der Waals surface area (Å²) in [6.07, 6.45) is 0. The second-order valence-electron chi connectivity index (χ2n) is 7.61. The highest BCUT2D eigenvalue weighted by molar-refractivity contribution is 7.97. The van der Waals surface area contributed by atoms with Gasteiger partial charge >= 0.3 is 0 Å². The third-order valence-corrected chi connectivity index (χ3v) is 7.22. The summed E-state index contributed by atoms with van der Waals surface area (Å²) in [5.74, 6) is 4.31. The number of hydrogen-bond donors (Lipinski definition) is 1. The van der Waals surface area contributed by atoms with E-state index in [0.29, 0.717) is 16.0 Å². The van der Waals surface area contributed by atoms with E-state index >= 15 is 0 Å². The van der Waals surface area contributed by atoms with E-state index in [2.05, 4.69) is 4.98 Å². The number of fused-ring (bicyclic) bond motifs is 1. The predicted octanol–water partition coefficient (Wildman–Crippen LogP) is 5.25. The number of carbonyl (C=O) groups excluding carboxylic acids is 1. The van der Waals surface area contributed by atoms with Crippen molar-refractivity contribution in [3.63, 3.8) is 0 Å². The van der Waals surface area contributed by atoms with Crippen LogP contribution in [0.1, 0.15) is 31.6 Å². The molecule has 0 bridgehead atoms. The fourth-order valence-corrected chi connectivity index (χ4v) is 5.39. The van der Waals surface area contributed by atoms with Crippen LogP contribution in [0, 0.1) is 11.6 Å². The van der Waals surface area contributed by atoms with E-state index < -0.39 is 23.1 Å². The Morgan fingerprint density at radius 1 is 1.18 bits per heavy atom. The number of carbonyl (C=O) groups is 1. The fraction of sp³-hybridized carbons (Fsp3) is 0.174. The molecule has 2 aromatic carbocycles. The van der Waals surface area contributed by atoms with Crippen molar-refractivity contribution >= 4 is 39.4 Å². The zero-order valence-electron chi connectivity index (χ0n) is 18.0. The van der Waals surface area contributed by atoms with Gasteiger partial charge in [0.2, 0.25) is 5.91 Å². The number of halogens is 2. The normalized spacial score (nSPS) is 11.4. The van der Waals surface area contributed by atoms with Gasteiger partial charge in [0.05, 0.1) is 11.1 Å². The minimum Gasteiger partial charge on any atom is -0.273 e. The van der Waals surface area contributed by atoms with Crippen molar-refractivity contribution in [1.29, 1.82) is 0 Å². The lowest BCUT2D eigenvalue weighted by atomic mass is 9.98. The number of nitrogens with two attached hydrogens (primary N) is 1. The second-order valence-corrected chi connectivity index (χ2v) is 9.58. The van der Waals surface area contributed by atoms with E-state index in [9.17, 15) is 18.4 Å². The van der Waals surface area contributed by atoms with Crippen LogP contribution in [-0.4, -0.2) is 19.9 Å². The molecule has 6 nitrogen and oxygen atoms in total. The molecule has 0 radical (unpaired) electrons. The van der Waals surface area contributed by atoms with Crippen LogP contribution in [-0.2, 0) is 4.79 Å². The average Bonchev–Trinajstić information content (AvgIpc) is 3.14. The smallest absolute Gasteiger partial charge is 0.268 e. The highest BCUT2D eigenvalue weighted by atomic mass is 32.2. The molecule has 0 spiro atoms. The minimum atomic E-state index is -0.547. The van der Waals surface area contributed by atoms with Crippen molar-refractivity contribution in [2.75, 3.05) is 0 Å². The Morgan fingerprint density at radius 3 is 2.55 bits per heavy atom. The Morgan fingerprint density at radius 2 is 1.91 bits per heavy atom. The van der Waals surface area contributed by atoms with Crippen molar-refractivity contribution < 1.29 is 13.6 Å². The van der Waals surface area contributed by atoms with Gasteiger partial charge in [-0.15, -0.1) is 11.3 Å². The van der Waals surface area contributed by atoms with Crippen molar-refractivity contribution in [3.05, 3.63) is 75.4 Å². The first kappa shape index (κ1) is 23.1. The zero-order chi connectivity index (χ0) is 23.9. The highest BCUT2D eigenvalue weighted by Gasteiger charge is 2.26. The van der Waals surface area contributed by atoms with Gasteiger partial charge in [-0.2, -0.15) is 0 Å². The van der Waals surface area contributed by atoms with E-state index in [1.54, 1.807) is 24.3 Å². The molecule has 0 saturated heterocycles. The number of aromatic nitrogens is 2. The third-order valence-electron chi connectivity index (χ3n) is 4.95. The number of amides is 1. The average molecular weight is 487 g/mol. The number of hydrogen-bond acceptors (Lipinski definition) is 6. The summed E-state index contributed by atoms with van der Waals surface area (Å²) >= 11 is 2.04. The lowest BCUT2D eigenvalue weighted by Crippen LogP contribution is -2.30. The standard InChI is InChI=1S/C23H20F2N4O2S2/c1-12(2)20-18(16-9-4-5-10-17(16)25)19-21(32-20)27-23(33-29(26)13(3)30)28(22(19)31)15-8-6-7-14(24)11-15/h4-12H,26H2,1-3H3. The summed E-state index contributed by atoms with van der Waals surface area (Å²) in [7, 11) is 0. The molecule has 2 heterocycles. The molecule has 2 N–H and O–H groups in total. The van der Waals surface area contributed by atoms with E-state index in [4.69, 9.17) is 5.84 Å². The number of thiophene rings is 1. The van der Waals surface area contributed by atoms with Gasteiger partial charge in [-0.25, -0.2) is 24.0 Å². The fourth-order valence-electron chi connectivity index (χ4n) is 3.44. The number of rotatable bonds is 5. The van der Waals surface area contributed by atoms with Crippen LogP contribution in [0.15, 0.2) is 58.5 Å². The first-order valence-electron chi connectivity index (χ1n) is 10.0. The van der Waals surface area contributed by atoms with Crippen molar-refractivity contribution in [2.24, 2.45) is 5.84 Å². The van der Waals surface area contributed by atoms with E-state index in [1.165, 1.54) is 47.1 Å². The van der Waals surface area contributed by atoms with E-state index in [1.807, 2.05) is 13.8 Å². The first-order valence-corrected chi connectivity index (χ1v) is 11.6. The van der Waals surface area contributed by atoms with Crippen molar-refractivity contribution in [3.8, 4) is 16.8 Å². The molecule has 0 aliphatic rings. The Balaban J connectivity index is 2.12. The molecule has 0 atom stereocenters. The van der Waals surface area contributed by atoms with Crippen LogP contribution >= 0.6 is 23.3 Å². The predicted molar refractivity (Wildman–Crippen MR) is 127 cm³/mol. The Hall–Kier alpha value is -3.08. The van der Waals surface area contributed by atoms with Crippen LogP contribution < -0.4 is 11.4 Å².